The summed E-state index contributed by atoms with van der Waals surface area (Å²) in [7, 11) is 0. The van der Waals surface area contributed by atoms with Crippen molar-refractivity contribution in [1.82, 2.24) is 10.3 Å². The predicted octanol–water partition coefficient (Wildman–Crippen LogP) is 1.51. The minimum atomic E-state index is 1.14. The van der Waals surface area contributed by atoms with Crippen molar-refractivity contribution < 1.29 is 0 Å². The third kappa shape index (κ3) is 2.97. The molecule has 2 N–H and O–H groups in total. The van der Waals surface area contributed by atoms with Crippen molar-refractivity contribution in [1.29, 1.82) is 0 Å². The van der Waals surface area contributed by atoms with Gasteiger partial charge in [0.1, 0.15) is 0 Å². The molecule has 0 radical (unpaired) electrons. The Morgan fingerprint density at radius 1 is 1.10 bits per heavy atom. The van der Waals surface area contributed by atoms with E-state index in [0.717, 1.165) is 6.54 Å². The van der Waals surface area contributed by atoms with E-state index in [1.807, 2.05) is 30.7 Å². The van der Waals surface area contributed by atoms with Gasteiger partial charge >= 0.3 is 0 Å². The predicted molar refractivity (Wildman–Crippen MR) is 42.6 cm³/mol. The van der Waals surface area contributed by atoms with Crippen LogP contribution in [0.1, 0.15) is 6.42 Å². The van der Waals surface area contributed by atoms with E-state index in [-0.39, 0.29) is 0 Å². The lowest BCUT2D eigenvalue weighted by Crippen LogP contribution is -1.96. The maximum absolute atomic E-state index is 3.04. The molecule has 1 aliphatic rings. The van der Waals surface area contributed by atoms with Crippen LogP contribution in [0.5, 0.6) is 0 Å². The van der Waals surface area contributed by atoms with E-state index >= 15 is 0 Å². The molecule has 2 heterocycles. The van der Waals surface area contributed by atoms with Gasteiger partial charge in [-0.3, -0.25) is 0 Å². The number of aromatic nitrogens is 1. The van der Waals surface area contributed by atoms with Crippen LogP contribution in [-0.2, 0) is 0 Å². The molecule has 0 saturated carbocycles. The highest BCUT2D eigenvalue weighted by molar-refractivity contribution is 4.86. The lowest BCUT2D eigenvalue weighted by molar-refractivity contribution is 0.917. The van der Waals surface area contributed by atoms with Gasteiger partial charge in [0.15, 0.2) is 0 Å². The number of hydrogen-bond donors (Lipinski definition) is 2. The summed E-state index contributed by atoms with van der Waals surface area (Å²) in [5.74, 6) is 0. The highest BCUT2D eigenvalue weighted by atomic mass is 14.8. The first-order valence-electron chi connectivity index (χ1n) is 3.46. The minimum absolute atomic E-state index is 1.14. The molecule has 1 aromatic rings. The van der Waals surface area contributed by atoms with Gasteiger partial charge in [-0.2, -0.15) is 0 Å². The van der Waals surface area contributed by atoms with Gasteiger partial charge in [-0.1, -0.05) is 6.08 Å². The molecule has 0 aliphatic carbocycles. The number of aromatic amines is 1. The van der Waals surface area contributed by atoms with Gasteiger partial charge in [0, 0.05) is 18.9 Å². The second kappa shape index (κ2) is 4.68. The number of nitrogens with one attached hydrogen (secondary N) is 2. The maximum atomic E-state index is 3.04. The second-order valence-corrected chi connectivity index (χ2v) is 2.03. The normalized spacial score (nSPS) is 13.6. The molecular weight excluding hydrogens is 124 g/mol. The summed E-state index contributed by atoms with van der Waals surface area (Å²) in [6.07, 6.45) is 9.07. The Bertz CT molecular complexity index is 142. The minimum Gasteiger partial charge on any atom is -0.391 e. The summed E-state index contributed by atoms with van der Waals surface area (Å²) in [6, 6.07) is 3.89. The van der Waals surface area contributed by atoms with Crippen LogP contribution in [0, 0.1) is 0 Å². The first-order chi connectivity index (χ1) is 5.00. The van der Waals surface area contributed by atoms with Crippen molar-refractivity contribution in [2.45, 2.75) is 6.42 Å². The third-order valence-electron chi connectivity index (χ3n) is 1.19. The molecule has 0 unspecified atom stereocenters. The summed E-state index contributed by atoms with van der Waals surface area (Å²) in [6.45, 7) is 1.14. The largest absolute Gasteiger partial charge is 0.391 e. The van der Waals surface area contributed by atoms with Crippen LogP contribution in [0.2, 0.25) is 0 Å². The molecule has 2 nitrogen and oxygen atoms in total. The van der Waals surface area contributed by atoms with Crippen LogP contribution in [0.4, 0.5) is 0 Å². The Hall–Kier alpha value is -1.18. The third-order valence-corrected chi connectivity index (χ3v) is 1.19. The van der Waals surface area contributed by atoms with Crippen LogP contribution >= 0.6 is 0 Å². The van der Waals surface area contributed by atoms with Crippen LogP contribution in [0.3, 0.4) is 0 Å². The standard InChI is InChI=1S/C4H7N.C4H5N/c2*1-2-4-5-3-1/h1,3,5H,2,4H2;1-5H. The second-order valence-electron chi connectivity index (χ2n) is 2.03. The van der Waals surface area contributed by atoms with Gasteiger partial charge in [-0.25, -0.2) is 0 Å². The first-order valence-corrected chi connectivity index (χ1v) is 3.46. The molecule has 0 atom stereocenters. The Balaban J connectivity index is 0.0000001000. The van der Waals surface area contributed by atoms with Gasteiger partial charge in [0.25, 0.3) is 0 Å². The zero-order valence-corrected chi connectivity index (χ0v) is 5.88. The van der Waals surface area contributed by atoms with E-state index in [2.05, 4.69) is 16.4 Å². The van der Waals surface area contributed by atoms with Gasteiger partial charge in [-0.05, 0) is 24.8 Å². The number of H-pyrrole nitrogens is 1. The quantitative estimate of drug-likeness (QED) is 0.556. The zero-order chi connectivity index (χ0) is 7.07. The SMILES string of the molecule is C1=CNCC1.c1cc[nH]c1. The molecule has 10 heavy (non-hydrogen) atoms. The monoisotopic (exact) mass is 136 g/mol. The molecular formula is C8H12N2. The van der Waals surface area contributed by atoms with Crippen molar-refractivity contribution in [3.05, 3.63) is 36.8 Å². The molecule has 2 heteroatoms. The van der Waals surface area contributed by atoms with Crippen LogP contribution < -0.4 is 5.32 Å². The van der Waals surface area contributed by atoms with Crippen molar-refractivity contribution in [2.24, 2.45) is 0 Å². The fraction of sp³-hybridized carbons (Fsp3) is 0.250. The Morgan fingerprint density at radius 2 is 1.90 bits per heavy atom. The molecule has 54 valence electrons. The summed E-state index contributed by atoms with van der Waals surface area (Å²) >= 11 is 0. The summed E-state index contributed by atoms with van der Waals surface area (Å²) < 4.78 is 0. The smallest absolute Gasteiger partial charge is 0.0176 e. The highest BCUT2D eigenvalue weighted by Gasteiger charge is 1.81. The number of hydrogen-bond acceptors (Lipinski definition) is 1. The van der Waals surface area contributed by atoms with Crippen molar-refractivity contribution in [3.8, 4) is 0 Å². The van der Waals surface area contributed by atoms with Gasteiger partial charge in [0.2, 0.25) is 0 Å². The molecule has 0 aromatic carbocycles. The molecule has 2 rings (SSSR count). The molecule has 0 spiro atoms. The molecule has 0 saturated heterocycles. The molecule has 1 aromatic heterocycles. The molecule has 0 fully saturated rings. The molecule has 0 amide bonds. The lowest BCUT2D eigenvalue weighted by atomic mass is 10.5. The Labute approximate surface area is 61.0 Å². The lowest BCUT2D eigenvalue weighted by Gasteiger charge is -1.78. The topological polar surface area (TPSA) is 27.8 Å². The van der Waals surface area contributed by atoms with Gasteiger partial charge in [-0.15, -0.1) is 0 Å². The zero-order valence-electron chi connectivity index (χ0n) is 5.88. The van der Waals surface area contributed by atoms with E-state index in [1.165, 1.54) is 6.42 Å². The van der Waals surface area contributed by atoms with E-state index in [1.54, 1.807) is 0 Å². The highest BCUT2D eigenvalue weighted by Crippen LogP contribution is 1.84. The average Bonchev–Trinajstić information content (AvgIpc) is 2.67. The van der Waals surface area contributed by atoms with Crippen LogP contribution in [-0.4, -0.2) is 11.5 Å². The van der Waals surface area contributed by atoms with Crippen LogP contribution in [0.25, 0.3) is 0 Å². The fourth-order valence-corrected chi connectivity index (χ4v) is 0.694. The Morgan fingerprint density at radius 3 is 2.10 bits per heavy atom. The first kappa shape index (κ1) is 6.93. The molecule has 1 aliphatic heterocycles. The van der Waals surface area contributed by atoms with E-state index in [4.69, 9.17) is 0 Å². The van der Waals surface area contributed by atoms with E-state index in [9.17, 15) is 0 Å². The van der Waals surface area contributed by atoms with Crippen molar-refractivity contribution in [2.75, 3.05) is 6.54 Å². The van der Waals surface area contributed by atoms with E-state index in [0.29, 0.717) is 0 Å². The number of rotatable bonds is 0. The summed E-state index contributed by atoms with van der Waals surface area (Å²) in [5.41, 5.74) is 0. The maximum Gasteiger partial charge on any atom is 0.0176 e. The van der Waals surface area contributed by atoms with Gasteiger partial charge < -0.3 is 10.3 Å². The van der Waals surface area contributed by atoms with E-state index < -0.39 is 0 Å². The van der Waals surface area contributed by atoms with Gasteiger partial charge in [0.05, 0.1) is 0 Å². The van der Waals surface area contributed by atoms with Crippen LogP contribution in [0.15, 0.2) is 36.8 Å². The Kier molecular flexibility index (Phi) is 3.24. The fourth-order valence-electron chi connectivity index (χ4n) is 0.694. The molecule has 0 bridgehead atoms. The summed E-state index contributed by atoms with van der Waals surface area (Å²) in [5, 5.41) is 3.04. The van der Waals surface area contributed by atoms with Crippen molar-refractivity contribution in [3.63, 3.8) is 0 Å². The summed E-state index contributed by atoms with van der Waals surface area (Å²) in [4.78, 5) is 2.86. The average molecular weight is 136 g/mol. The van der Waals surface area contributed by atoms with Crippen molar-refractivity contribution >= 4 is 0 Å².